The van der Waals surface area contributed by atoms with Crippen LogP contribution in [0.4, 0.5) is 0 Å². The Bertz CT molecular complexity index is 1520. The predicted octanol–water partition coefficient (Wildman–Crippen LogP) is 4.05. The summed E-state index contributed by atoms with van der Waals surface area (Å²) < 4.78 is 6.47. The number of methoxy groups -OCH3 is 1. The van der Waals surface area contributed by atoms with Crippen molar-refractivity contribution in [1.29, 1.82) is 0 Å². The lowest BCUT2D eigenvalue weighted by Gasteiger charge is -2.25. The van der Waals surface area contributed by atoms with E-state index in [1.807, 2.05) is 36.4 Å². The number of aryl methyl sites for hydroxylation is 1. The highest BCUT2D eigenvalue weighted by Crippen LogP contribution is 2.41. The van der Waals surface area contributed by atoms with Gasteiger partial charge in [0.15, 0.2) is 5.76 Å². The van der Waals surface area contributed by atoms with Crippen LogP contribution in [-0.4, -0.2) is 44.2 Å². The number of ether oxygens (including phenoxy) is 1. The number of benzene rings is 2. The average molecular weight is 482 g/mol. The molecule has 0 radical (unpaired) electrons. The Morgan fingerprint density at radius 3 is 2.39 bits per heavy atom. The van der Waals surface area contributed by atoms with E-state index < -0.39 is 23.7 Å². The van der Waals surface area contributed by atoms with Gasteiger partial charge in [-0.2, -0.15) is 0 Å². The van der Waals surface area contributed by atoms with E-state index in [-0.39, 0.29) is 17.9 Å². The number of likely N-dealkylation sites (tertiary alicyclic amines) is 1. The van der Waals surface area contributed by atoms with Gasteiger partial charge in [-0.1, -0.05) is 48.5 Å². The molecule has 1 unspecified atom stereocenters. The highest BCUT2D eigenvalue weighted by molar-refractivity contribution is 6.46. The van der Waals surface area contributed by atoms with Gasteiger partial charge in [0.2, 0.25) is 0 Å². The molecule has 0 saturated carbocycles. The molecule has 1 aliphatic heterocycles. The zero-order chi connectivity index (χ0) is 25.4. The minimum absolute atomic E-state index is 0.0319. The molecule has 4 aromatic rings. The van der Waals surface area contributed by atoms with Crippen LogP contribution in [0.15, 0.2) is 84.6 Å². The van der Waals surface area contributed by atoms with E-state index in [4.69, 9.17) is 4.74 Å². The lowest BCUT2D eigenvalue weighted by atomic mass is 9.95. The van der Waals surface area contributed by atoms with Gasteiger partial charge >= 0.3 is 5.97 Å². The maximum atomic E-state index is 13.4. The first-order valence-corrected chi connectivity index (χ1v) is 11.4. The van der Waals surface area contributed by atoms with Crippen molar-refractivity contribution in [3.05, 3.63) is 113 Å². The Morgan fingerprint density at radius 2 is 1.69 bits per heavy atom. The number of Topliss-reactive ketones (excluding diaryl/α,β-unsaturated/α-hetero) is 1. The summed E-state index contributed by atoms with van der Waals surface area (Å²) in [4.78, 5) is 44.5. The highest BCUT2D eigenvalue weighted by Gasteiger charge is 2.46. The van der Waals surface area contributed by atoms with Crippen LogP contribution in [0, 0.1) is 6.92 Å². The monoisotopic (exact) mass is 481 g/mol. The standard InChI is InChI=1S/C28H23N3O5/c1-17-23(30-15-7-6-10-21(30)29-17)25(32)22-24(19-11-13-20(14-12-19)28(35)36-2)31(27(34)26(22)33)16-18-8-4-3-5-9-18/h3-15,24,32H,16H2,1-2H3/b25-22+. The first-order chi connectivity index (χ1) is 17.4. The third kappa shape index (κ3) is 3.82. The van der Waals surface area contributed by atoms with Gasteiger partial charge < -0.3 is 14.7 Å². The molecule has 1 aliphatic rings. The second-order valence-corrected chi connectivity index (χ2v) is 8.50. The third-order valence-corrected chi connectivity index (χ3v) is 6.31. The Hall–Kier alpha value is -4.72. The second kappa shape index (κ2) is 9.14. The molecule has 180 valence electrons. The Morgan fingerprint density at radius 1 is 1.00 bits per heavy atom. The van der Waals surface area contributed by atoms with Crippen molar-refractivity contribution in [2.24, 2.45) is 0 Å². The summed E-state index contributed by atoms with van der Waals surface area (Å²) in [6, 6.07) is 20.3. The number of pyridine rings is 1. The van der Waals surface area contributed by atoms with Crippen LogP contribution in [0.2, 0.25) is 0 Å². The van der Waals surface area contributed by atoms with Crippen molar-refractivity contribution in [2.45, 2.75) is 19.5 Å². The van der Waals surface area contributed by atoms with Gasteiger partial charge in [-0.25, -0.2) is 9.78 Å². The van der Waals surface area contributed by atoms with Gasteiger partial charge in [-0.15, -0.1) is 0 Å². The molecule has 1 saturated heterocycles. The van der Waals surface area contributed by atoms with Crippen molar-refractivity contribution in [2.75, 3.05) is 7.11 Å². The Kier molecular flexibility index (Phi) is 5.85. The molecule has 5 rings (SSSR count). The fraction of sp³-hybridized carbons (Fsp3) is 0.143. The van der Waals surface area contributed by atoms with E-state index in [9.17, 15) is 19.5 Å². The van der Waals surface area contributed by atoms with E-state index in [0.29, 0.717) is 28.2 Å². The molecule has 8 nitrogen and oxygen atoms in total. The first-order valence-electron chi connectivity index (χ1n) is 11.4. The van der Waals surface area contributed by atoms with Gasteiger partial charge in [0, 0.05) is 12.7 Å². The van der Waals surface area contributed by atoms with E-state index in [0.717, 1.165) is 5.56 Å². The van der Waals surface area contributed by atoms with Crippen LogP contribution in [0.25, 0.3) is 11.4 Å². The van der Waals surface area contributed by atoms with Crippen LogP contribution in [0.1, 0.15) is 38.9 Å². The normalized spacial score (nSPS) is 17.1. The molecule has 1 atom stereocenters. The zero-order valence-electron chi connectivity index (χ0n) is 19.7. The molecule has 36 heavy (non-hydrogen) atoms. The molecule has 1 N–H and O–H groups in total. The van der Waals surface area contributed by atoms with E-state index in [1.165, 1.54) is 12.0 Å². The largest absolute Gasteiger partial charge is 0.505 e. The van der Waals surface area contributed by atoms with Crippen LogP contribution in [-0.2, 0) is 20.9 Å². The number of carbonyl (C=O) groups is 3. The summed E-state index contributed by atoms with van der Waals surface area (Å²) >= 11 is 0. The van der Waals surface area contributed by atoms with E-state index >= 15 is 0 Å². The molecule has 2 aromatic carbocycles. The molecular formula is C28H23N3O5. The van der Waals surface area contributed by atoms with Crippen LogP contribution in [0.5, 0.6) is 0 Å². The van der Waals surface area contributed by atoms with Crippen molar-refractivity contribution in [3.63, 3.8) is 0 Å². The van der Waals surface area contributed by atoms with Crippen molar-refractivity contribution in [1.82, 2.24) is 14.3 Å². The number of nitrogens with zero attached hydrogens (tertiary/aromatic N) is 3. The number of aliphatic hydroxyl groups excluding tert-OH is 1. The summed E-state index contributed by atoms with van der Waals surface area (Å²) in [5.74, 6) is -2.30. The summed E-state index contributed by atoms with van der Waals surface area (Å²) in [6.07, 6.45) is 1.74. The minimum Gasteiger partial charge on any atom is -0.505 e. The quantitative estimate of drug-likeness (QED) is 0.200. The number of esters is 1. The van der Waals surface area contributed by atoms with Gasteiger partial charge in [0.05, 0.1) is 30.0 Å². The summed E-state index contributed by atoms with van der Waals surface area (Å²) in [7, 11) is 1.29. The maximum Gasteiger partial charge on any atom is 0.337 e. The number of hydrogen-bond acceptors (Lipinski definition) is 6. The van der Waals surface area contributed by atoms with Crippen LogP contribution >= 0.6 is 0 Å². The predicted molar refractivity (Wildman–Crippen MR) is 132 cm³/mol. The first kappa shape index (κ1) is 23.0. The number of aliphatic hydroxyl groups is 1. The van der Waals surface area contributed by atoms with E-state index in [1.54, 1.807) is 53.9 Å². The van der Waals surface area contributed by atoms with Gasteiger partial charge in [0.25, 0.3) is 11.7 Å². The number of fused-ring (bicyclic) bond motifs is 1. The zero-order valence-corrected chi connectivity index (χ0v) is 19.7. The lowest BCUT2D eigenvalue weighted by Crippen LogP contribution is -2.29. The molecule has 0 aliphatic carbocycles. The molecule has 0 spiro atoms. The topological polar surface area (TPSA) is 101 Å². The molecule has 1 fully saturated rings. The summed E-state index contributed by atoms with van der Waals surface area (Å²) in [6.45, 7) is 1.90. The molecule has 1 amide bonds. The second-order valence-electron chi connectivity index (χ2n) is 8.50. The van der Waals surface area contributed by atoms with Crippen LogP contribution in [0.3, 0.4) is 0 Å². The van der Waals surface area contributed by atoms with Crippen molar-refractivity contribution >= 4 is 29.1 Å². The minimum atomic E-state index is -0.870. The average Bonchev–Trinajstić information content (AvgIpc) is 3.37. The highest BCUT2D eigenvalue weighted by atomic mass is 16.5. The molecule has 8 heteroatoms. The molecular weight excluding hydrogens is 458 g/mol. The van der Waals surface area contributed by atoms with Gasteiger partial charge in [-0.05, 0) is 42.3 Å². The lowest BCUT2D eigenvalue weighted by molar-refractivity contribution is -0.140. The van der Waals surface area contributed by atoms with E-state index in [2.05, 4.69) is 4.98 Å². The maximum absolute atomic E-state index is 13.4. The number of aromatic nitrogens is 2. The van der Waals surface area contributed by atoms with Gasteiger partial charge in [-0.3, -0.25) is 14.0 Å². The van der Waals surface area contributed by atoms with Crippen molar-refractivity contribution in [3.8, 4) is 0 Å². The fourth-order valence-corrected chi connectivity index (χ4v) is 4.62. The SMILES string of the molecule is COC(=O)c1ccc(C2/C(=C(\O)c3c(C)nc4ccccn34)C(=O)C(=O)N2Cc2ccccc2)cc1. The third-order valence-electron chi connectivity index (χ3n) is 6.31. The number of rotatable bonds is 5. The molecule has 0 bridgehead atoms. The number of amides is 1. The Labute approximate surface area is 207 Å². The molecule has 3 heterocycles. The number of ketones is 1. The summed E-state index contributed by atoms with van der Waals surface area (Å²) in [5, 5.41) is 11.5. The number of imidazole rings is 1. The van der Waals surface area contributed by atoms with Crippen LogP contribution < -0.4 is 0 Å². The number of hydrogen-bond donors (Lipinski definition) is 1. The molecule has 2 aromatic heterocycles. The fourth-order valence-electron chi connectivity index (χ4n) is 4.62. The Balaban J connectivity index is 1.69. The smallest absolute Gasteiger partial charge is 0.337 e. The number of carbonyl (C=O) groups excluding carboxylic acids is 3. The summed E-state index contributed by atoms with van der Waals surface area (Å²) in [5.41, 5.74) is 3.18. The van der Waals surface area contributed by atoms with Gasteiger partial charge in [0.1, 0.15) is 11.3 Å². The van der Waals surface area contributed by atoms with Crippen molar-refractivity contribution < 1.29 is 24.2 Å².